The smallest absolute Gasteiger partial charge is 0.254 e. The molecule has 3 N–H and O–H groups in total. The highest BCUT2D eigenvalue weighted by atomic mass is 79.9. The molecule has 0 aliphatic heterocycles. The first-order valence-corrected chi connectivity index (χ1v) is 8.62. The first kappa shape index (κ1) is 18.1. The lowest BCUT2D eigenvalue weighted by molar-refractivity contribution is 0.0931. The van der Waals surface area contributed by atoms with Gasteiger partial charge in [-0.1, -0.05) is 36.7 Å². The third-order valence-electron chi connectivity index (χ3n) is 3.24. The zero-order chi connectivity index (χ0) is 16.4. The predicted molar refractivity (Wildman–Crippen MR) is 81.9 cm³/mol. The van der Waals surface area contributed by atoms with E-state index in [-0.39, 0.29) is 15.5 Å². The van der Waals surface area contributed by atoms with Crippen LogP contribution in [0.4, 0.5) is 4.39 Å². The molecule has 1 aromatic rings. The van der Waals surface area contributed by atoms with Gasteiger partial charge in [-0.05, 0) is 24.0 Å². The summed E-state index contributed by atoms with van der Waals surface area (Å²) in [5.74, 6) is -1.83. The fourth-order valence-corrected chi connectivity index (χ4v) is 2.74. The SMILES string of the molecule is CCC(C)(C)CNC(=O)c1cc(Br)cc(S(N)(=O)=O)c1F. The lowest BCUT2D eigenvalue weighted by atomic mass is 9.90. The monoisotopic (exact) mass is 380 g/mol. The quantitative estimate of drug-likeness (QED) is 0.821. The molecular formula is C13H18BrFN2O3S. The number of carbonyl (C=O) groups excluding carboxylic acids is 1. The molecule has 0 saturated carbocycles. The molecule has 118 valence electrons. The molecule has 1 amide bonds. The van der Waals surface area contributed by atoms with Crippen molar-refractivity contribution in [3.63, 3.8) is 0 Å². The van der Waals surface area contributed by atoms with Crippen LogP contribution in [0.2, 0.25) is 0 Å². The highest BCUT2D eigenvalue weighted by Gasteiger charge is 2.24. The Morgan fingerprint density at radius 1 is 1.43 bits per heavy atom. The number of halogens is 2. The molecule has 8 heteroatoms. The van der Waals surface area contributed by atoms with Crippen molar-refractivity contribution in [3.05, 3.63) is 28.0 Å². The molecule has 0 bridgehead atoms. The highest BCUT2D eigenvalue weighted by Crippen LogP contribution is 2.24. The van der Waals surface area contributed by atoms with Gasteiger partial charge in [-0.25, -0.2) is 17.9 Å². The number of nitrogens with one attached hydrogen (secondary N) is 1. The second kappa shape index (κ2) is 6.41. The highest BCUT2D eigenvalue weighted by molar-refractivity contribution is 9.10. The van der Waals surface area contributed by atoms with Crippen LogP contribution in [0, 0.1) is 11.2 Å². The van der Waals surface area contributed by atoms with Gasteiger partial charge in [0.2, 0.25) is 10.0 Å². The number of amides is 1. The maximum Gasteiger partial charge on any atom is 0.254 e. The molecule has 0 radical (unpaired) electrons. The predicted octanol–water partition coefficient (Wildman–Crippen LogP) is 2.40. The number of sulfonamides is 1. The van der Waals surface area contributed by atoms with Crippen LogP contribution in [-0.2, 0) is 10.0 Å². The third-order valence-corrected chi connectivity index (χ3v) is 4.61. The van der Waals surface area contributed by atoms with Gasteiger partial charge in [0, 0.05) is 11.0 Å². The number of rotatable bonds is 5. The number of hydrogen-bond donors (Lipinski definition) is 2. The molecule has 1 rings (SSSR count). The van der Waals surface area contributed by atoms with Crippen molar-refractivity contribution in [2.45, 2.75) is 32.1 Å². The Kier molecular flexibility index (Phi) is 5.51. The Balaban J connectivity index is 3.14. The fourth-order valence-electron chi connectivity index (χ4n) is 1.48. The molecule has 0 fully saturated rings. The van der Waals surface area contributed by atoms with E-state index in [4.69, 9.17) is 5.14 Å². The van der Waals surface area contributed by atoms with Gasteiger partial charge in [-0.2, -0.15) is 0 Å². The first-order chi connectivity index (χ1) is 9.48. The van der Waals surface area contributed by atoms with E-state index >= 15 is 0 Å². The van der Waals surface area contributed by atoms with Crippen LogP contribution < -0.4 is 10.5 Å². The van der Waals surface area contributed by atoms with Gasteiger partial charge < -0.3 is 5.32 Å². The average molecular weight is 381 g/mol. The van der Waals surface area contributed by atoms with Crippen LogP contribution in [0.15, 0.2) is 21.5 Å². The Morgan fingerprint density at radius 3 is 2.48 bits per heavy atom. The van der Waals surface area contributed by atoms with Crippen LogP contribution in [-0.4, -0.2) is 20.9 Å². The summed E-state index contributed by atoms with van der Waals surface area (Å²) in [7, 11) is -4.25. The molecule has 0 saturated heterocycles. The van der Waals surface area contributed by atoms with Crippen LogP contribution in [0.1, 0.15) is 37.6 Å². The molecule has 5 nitrogen and oxygen atoms in total. The van der Waals surface area contributed by atoms with Gasteiger partial charge in [-0.15, -0.1) is 0 Å². The van der Waals surface area contributed by atoms with Gasteiger partial charge in [-0.3, -0.25) is 4.79 Å². The Hall–Kier alpha value is -0.990. The second-order valence-electron chi connectivity index (χ2n) is 5.51. The number of nitrogens with two attached hydrogens (primary N) is 1. The second-order valence-corrected chi connectivity index (χ2v) is 7.96. The summed E-state index contributed by atoms with van der Waals surface area (Å²) in [5.41, 5.74) is -0.499. The molecule has 0 unspecified atom stereocenters. The lowest BCUT2D eigenvalue weighted by Crippen LogP contribution is -2.34. The normalized spacial score (nSPS) is 12.3. The van der Waals surface area contributed by atoms with E-state index in [1.165, 1.54) is 6.07 Å². The summed E-state index contributed by atoms with van der Waals surface area (Å²) in [5, 5.41) is 7.54. The van der Waals surface area contributed by atoms with Crippen molar-refractivity contribution in [3.8, 4) is 0 Å². The van der Waals surface area contributed by atoms with Gasteiger partial charge in [0.1, 0.15) is 4.90 Å². The molecule has 0 aliphatic rings. The molecule has 0 aliphatic carbocycles. The number of primary sulfonamides is 1. The van der Waals surface area contributed by atoms with Gasteiger partial charge in [0.05, 0.1) is 5.56 Å². The van der Waals surface area contributed by atoms with E-state index in [9.17, 15) is 17.6 Å². The summed E-state index contributed by atoms with van der Waals surface area (Å²) >= 11 is 3.05. The number of hydrogen-bond acceptors (Lipinski definition) is 3. The van der Waals surface area contributed by atoms with Crippen molar-refractivity contribution in [1.29, 1.82) is 0 Å². The standard InChI is InChI=1S/C13H18BrFN2O3S/c1-4-13(2,3)7-17-12(18)9-5-8(14)6-10(11(9)15)21(16,19)20/h5-6H,4,7H2,1-3H3,(H,17,18)(H2,16,19,20). The van der Waals surface area contributed by atoms with E-state index in [1.54, 1.807) is 0 Å². The molecule has 0 spiro atoms. The minimum atomic E-state index is -4.25. The summed E-state index contributed by atoms with van der Waals surface area (Å²) in [6, 6.07) is 2.25. The summed E-state index contributed by atoms with van der Waals surface area (Å²) in [4.78, 5) is 11.3. The molecule has 0 atom stereocenters. The van der Waals surface area contributed by atoms with E-state index in [2.05, 4.69) is 21.2 Å². The van der Waals surface area contributed by atoms with Crippen LogP contribution >= 0.6 is 15.9 Å². The summed E-state index contributed by atoms with van der Waals surface area (Å²) < 4.78 is 37.1. The Morgan fingerprint density at radius 2 is 2.00 bits per heavy atom. The maximum atomic E-state index is 14.2. The van der Waals surface area contributed by atoms with E-state index in [1.807, 2.05) is 20.8 Å². The van der Waals surface area contributed by atoms with Crippen molar-refractivity contribution >= 4 is 31.9 Å². The summed E-state index contributed by atoms with van der Waals surface area (Å²) in [6.45, 7) is 6.24. The molecule has 1 aromatic carbocycles. The summed E-state index contributed by atoms with van der Waals surface area (Å²) in [6.07, 6.45) is 0.830. The zero-order valence-corrected chi connectivity index (χ0v) is 14.4. The van der Waals surface area contributed by atoms with E-state index in [0.717, 1.165) is 12.5 Å². The molecular weight excluding hydrogens is 363 g/mol. The Bertz CT molecular complexity index is 660. The fraction of sp³-hybridized carbons (Fsp3) is 0.462. The minimum Gasteiger partial charge on any atom is -0.351 e. The number of carbonyl (C=O) groups is 1. The molecule has 0 heterocycles. The minimum absolute atomic E-state index is 0.138. The third kappa shape index (κ3) is 4.76. The van der Waals surface area contributed by atoms with Crippen LogP contribution in [0.5, 0.6) is 0 Å². The molecule has 0 aromatic heterocycles. The zero-order valence-electron chi connectivity index (χ0n) is 12.0. The van der Waals surface area contributed by atoms with E-state index < -0.39 is 26.6 Å². The maximum absolute atomic E-state index is 14.2. The van der Waals surface area contributed by atoms with Crippen molar-refractivity contribution in [1.82, 2.24) is 5.32 Å². The van der Waals surface area contributed by atoms with Gasteiger partial charge in [0.15, 0.2) is 5.82 Å². The topological polar surface area (TPSA) is 89.3 Å². The van der Waals surface area contributed by atoms with Gasteiger partial charge in [0.25, 0.3) is 5.91 Å². The largest absolute Gasteiger partial charge is 0.351 e. The van der Waals surface area contributed by atoms with Crippen molar-refractivity contribution in [2.24, 2.45) is 10.6 Å². The lowest BCUT2D eigenvalue weighted by Gasteiger charge is -2.23. The first-order valence-electron chi connectivity index (χ1n) is 6.28. The van der Waals surface area contributed by atoms with Crippen molar-refractivity contribution < 1.29 is 17.6 Å². The van der Waals surface area contributed by atoms with Gasteiger partial charge >= 0.3 is 0 Å². The van der Waals surface area contributed by atoms with Crippen molar-refractivity contribution in [2.75, 3.05) is 6.54 Å². The van der Waals surface area contributed by atoms with Crippen LogP contribution in [0.25, 0.3) is 0 Å². The van der Waals surface area contributed by atoms with E-state index in [0.29, 0.717) is 6.54 Å². The average Bonchev–Trinajstić information content (AvgIpc) is 2.37. The van der Waals surface area contributed by atoms with Crippen LogP contribution in [0.3, 0.4) is 0 Å². The molecule has 21 heavy (non-hydrogen) atoms. The number of benzene rings is 1. The Labute approximate surface area is 132 Å².